The van der Waals surface area contributed by atoms with Gasteiger partial charge in [-0.25, -0.2) is 0 Å². The van der Waals surface area contributed by atoms with Crippen LogP contribution in [0.4, 0.5) is 0 Å². The molecule has 50 valence electrons. The van der Waals surface area contributed by atoms with Crippen LogP contribution in [0.15, 0.2) is 0 Å². The van der Waals surface area contributed by atoms with Crippen LogP contribution in [0.1, 0.15) is 18.0 Å². The number of nitrogens with zero attached hydrogens (tertiary/aromatic N) is 2. The summed E-state index contributed by atoms with van der Waals surface area (Å²) in [5.41, 5.74) is 0. The molecule has 0 fully saturated rings. The number of thiol groups is 1. The summed E-state index contributed by atoms with van der Waals surface area (Å²) in [4.78, 5) is 2.53. The molecule has 4 nitrogen and oxygen atoms in total. The molecular formula is C4H7N3OS. The molecule has 1 heterocycles. The van der Waals surface area contributed by atoms with Crippen LogP contribution in [0.3, 0.4) is 0 Å². The van der Waals surface area contributed by atoms with Gasteiger partial charge in [-0.05, 0) is 6.92 Å². The minimum absolute atomic E-state index is 0.0154. The van der Waals surface area contributed by atoms with Gasteiger partial charge in [-0.2, -0.15) is 12.6 Å². The summed E-state index contributed by atoms with van der Waals surface area (Å²) in [6.07, 6.45) is 0. The van der Waals surface area contributed by atoms with Gasteiger partial charge in [0.25, 0.3) is 0 Å². The van der Waals surface area contributed by atoms with E-state index in [9.17, 15) is 0 Å². The van der Waals surface area contributed by atoms with Crippen molar-refractivity contribution in [2.75, 3.05) is 0 Å². The summed E-state index contributed by atoms with van der Waals surface area (Å²) in [6, 6.07) is -0.161. The van der Waals surface area contributed by atoms with Crippen LogP contribution in [0.5, 0.6) is 6.01 Å². The van der Waals surface area contributed by atoms with Crippen LogP contribution >= 0.6 is 12.6 Å². The molecule has 1 rings (SSSR count). The van der Waals surface area contributed by atoms with Crippen molar-refractivity contribution in [3.8, 4) is 6.01 Å². The van der Waals surface area contributed by atoms with Crippen LogP contribution < -0.4 is 0 Å². The zero-order valence-electron chi connectivity index (χ0n) is 4.87. The summed E-state index contributed by atoms with van der Waals surface area (Å²) in [6.45, 7) is 1.84. The number of aromatic amines is 1. The van der Waals surface area contributed by atoms with Crippen molar-refractivity contribution in [3.63, 3.8) is 0 Å². The normalized spacial score (nSPS) is 13.6. The molecular weight excluding hydrogens is 138 g/mol. The maximum absolute atomic E-state index is 8.64. The number of H-pyrrole nitrogens is 1. The third kappa shape index (κ3) is 1.35. The SMILES string of the molecule is CC(S)c1nnc(O)[nH]1. The van der Waals surface area contributed by atoms with E-state index in [4.69, 9.17) is 5.11 Å². The molecule has 5 heteroatoms. The summed E-state index contributed by atoms with van der Waals surface area (Å²) < 4.78 is 0. The molecule has 0 spiro atoms. The molecule has 0 radical (unpaired) electrons. The third-order valence-corrected chi connectivity index (χ3v) is 1.13. The zero-order valence-corrected chi connectivity index (χ0v) is 5.76. The van der Waals surface area contributed by atoms with Gasteiger partial charge in [-0.15, -0.1) is 5.10 Å². The first kappa shape index (κ1) is 6.41. The van der Waals surface area contributed by atoms with Crippen molar-refractivity contribution in [2.24, 2.45) is 0 Å². The van der Waals surface area contributed by atoms with Gasteiger partial charge in [0.15, 0.2) is 0 Å². The number of hydrogen-bond donors (Lipinski definition) is 3. The lowest BCUT2D eigenvalue weighted by Gasteiger charge is -1.92. The van der Waals surface area contributed by atoms with Gasteiger partial charge < -0.3 is 5.11 Å². The second kappa shape index (κ2) is 2.26. The van der Waals surface area contributed by atoms with Crippen molar-refractivity contribution in [3.05, 3.63) is 5.82 Å². The van der Waals surface area contributed by atoms with Gasteiger partial charge >= 0.3 is 6.01 Å². The fraction of sp³-hybridized carbons (Fsp3) is 0.500. The fourth-order valence-electron chi connectivity index (χ4n) is 0.454. The average molecular weight is 145 g/mol. The van der Waals surface area contributed by atoms with E-state index in [2.05, 4.69) is 27.8 Å². The Bertz CT molecular complexity index is 197. The quantitative estimate of drug-likeness (QED) is 0.504. The number of aromatic hydroxyl groups is 1. The minimum atomic E-state index is -0.161. The number of rotatable bonds is 1. The molecule has 0 aromatic carbocycles. The Morgan fingerprint density at radius 3 is 2.56 bits per heavy atom. The zero-order chi connectivity index (χ0) is 6.85. The Kier molecular flexibility index (Phi) is 1.61. The van der Waals surface area contributed by atoms with E-state index in [0.29, 0.717) is 5.82 Å². The van der Waals surface area contributed by atoms with Gasteiger partial charge in [-0.3, -0.25) is 4.98 Å². The highest BCUT2D eigenvalue weighted by molar-refractivity contribution is 7.80. The number of hydrogen-bond acceptors (Lipinski definition) is 4. The molecule has 1 atom stereocenters. The first-order valence-corrected chi connectivity index (χ1v) is 3.01. The highest BCUT2D eigenvalue weighted by Gasteiger charge is 2.04. The van der Waals surface area contributed by atoms with Crippen LogP contribution in [0.2, 0.25) is 0 Å². The molecule has 1 aromatic heterocycles. The Hall–Kier alpha value is -0.710. The van der Waals surface area contributed by atoms with Crippen molar-refractivity contribution < 1.29 is 5.11 Å². The Morgan fingerprint density at radius 2 is 2.33 bits per heavy atom. The lowest BCUT2D eigenvalue weighted by Crippen LogP contribution is -1.85. The first-order valence-electron chi connectivity index (χ1n) is 2.50. The van der Waals surface area contributed by atoms with Crippen molar-refractivity contribution >= 4 is 12.6 Å². The molecule has 1 unspecified atom stereocenters. The number of aromatic nitrogens is 3. The molecule has 0 saturated heterocycles. The molecule has 1 aromatic rings. The van der Waals surface area contributed by atoms with Gasteiger partial charge in [0, 0.05) is 0 Å². The van der Waals surface area contributed by atoms with E-state index in [1.165, 1.54) is 0 Å². The molecule has 0 aliphatic heterocycles. The summed E-state index contributed by atoms with van der Waals surface area (Å²) in [5, 5.41) is 15.5. The minimum Gasteiger partial charge on any atom is -0.479 e. The van der Waals surface area contributed by atoms with Gasteiger partial charge in [0.05, 0.1) is 5.25 Å². The maximum Gasteiger partial charge on any atom is 0.311 e. The standard InChI is InChI=1S/C4H7N3OS/c1-2(9)3-5-4(8)7-6-3/h2,9H,1H3,(H2,5,6,7,8). The molecule has 0 saturated carbocycles. The van der Waals surface area contributed by atoms with Crippen LogP contribution in [0, 0.1) is 0 Å². The molecule has 0 amide bonds. The Balaban J connectivity index is 2.85. The Labute approximate surface area is 57.7 Å². The van der Waals surface area contributed by atoms with Gasteiger partial charge in [0.1, 0.15) is 5.82 Å². The van der Waals surface area contributed by atoms with E-state index in [-0.39, 0.29) is 11.3 Å². The van der Waals surface area contributed by atoms with E-state index in [1.807, 2.05) is 6.92 Å². The fourth-order valence-corrected chi connectivity index (χ4v) is 0.570. The van der Waals surface area contributed by atoms with E-state index >= 15 is 0 Å². The van der Waals surface area contributed by atoms with Crippen molar-refractivity contribution in [2.45, 2.75) is 12.2 Å². The molecule has 0 aliphatic carbocycles. The van der Waals surface area contributed by atoms with Crippen molar-refractivity contribution in [1.82, 2.24) is 15.2 Å². The van der Waals surface area contributed by atoms with Gasteiger partial charge in [0.2, 0.25) is 0 Å². The summed E-state index contributed by atoms with van der Waals surface area (Å²) in [5.74, 6) is 0.579. The van der Waals surface area contributed by atoms with Crippen molar-refractivity contribution in [1.29, 1.82) is 0 Å². The summed E-state index contributed by atoms with van der Waals surface area (Å²) >= 11 is 4.06. The van der Waals surface area contributed by atoms with E-state index in [0.717, 1.165) is 0 Å². The predicted octanol–water partition coefficient (Wildman–Crippen LogP) is 0.501. The highest BCUT2D eigenvalue weighted by Crippen LogP contribution is 2.14. The Morgan fingerprint density at radius 1 is 1.67 bits per heavy atom. The van der Waals surface area contributed by atoms with E-state index in [1.54, 1.807) is 0 Å². The largest absolute Gasteiger partial charge is 0.479 e. The molecule has 0 aliphatic rings. The predicted molar refractivity (Wildman–Crippen MR) is 35.4 cm³/mol. The molecule has 9 heavy (non-hydrogen) atoms. The smallest absolute Gasteiger partial charge is 0.311 e. The van der Waals surface area contributed by atoms with Crippen LogP contribution in [-0.4, -0.2) is 20.3 Å². The lowest BCUT2D eigenvalue weighted by atomic mass is 10.5. The third-order valence-electron chi connectivity index (χ3n) is 0.888. The summed E-state index contributed by atoms with van der Waals surface area (Å²) in [7, 11) is 0. The first-order chi connectivity index (χ1) is 4.20. The number of nitrogens with one attached hydrogen (secondary N) is 1. The second-order valence-electron chi connectivity index (χ2n) is 1.71. The molecule has 0 bridgehead atoms. The molecule has 2 N–H and O–H groups in total. The average Bonchev–Trinajstić information content (AvgIpc) is 2.14. The van der Waals surface area contributed by atoms with Gasteiger partial charge in [-0.1, -0.05) is 5.10 Å². The monoisotopic (exact) mass is 145 g/mol. The maximum atomic E-state index is 8.64. The highest BCUT2D eigenvalue weighted by atomic mass is 32.1. The van der Waals surface area contributed by atoms with Crippen LogP contribution in [-0.2, 0) is 0 Å². The van der Waals surface area contributed by atoms with Crippen LogP contribution in [0.25, 0.3) is 0 Å². The van der Waals surface area contributed by atoms with E-state index < -0.39 is 0 Å². The lowest BCUT2D eigenvalue weighted by molar-refractivity contribution is 0.432. The second-order valence-corrected chi connectivity index (χ2v) is 2.48. The topological polar surface area (TPSA) is 61.8 Å².